The highest BCUT2D eigenvalue weighted by Gasteiger charge is 2.01. The van der Waals surface area contributed by atoms with E-state index in [1.165, 1.54) is 0 Å². The molecule has 0 spiro atoms. The Hall–Kier alpha value is -0.830. The molecule has 0 fully saturated rings. The van der Waals surface area contributed by atoms with Crippen molar-refractivity contribution < 1.29 is 9.90 Å². The van der Waals surface area contributed by atoms with Crippen molar-refractivity contribution >= 4 is 5.97 Å². The highest BCUT2D eigenvalue weighted by atomic mass is 16.4. The molecule has 0 bridgehead atoms. The standard InChI is InChI=1S/C9H17NO2/c1-7(2)3-4-8(6-10)5-9(11)12/h4,7H,3,5-6,10H2,1-2H3,(H,11,12)/b8-4-. The third-order valence-corrected chi connectivity index (χ3v) is 1.52. The lowest BCUT2D eigenvalue weighted by atomic mass is 10.1. The van der Waals surface area contributed by atoms with Gasteiger partial charge in [0.1, 0.15) is 0 Å². The maximum atomic E-state index is 10.3. The zero-order valence-corrected chi connectivity index (χ0v) is 7.71. The van der Waals surface area contributed by atoms with Crippen LogP contribution in [0.5, 0.6) is 0 Å². The highest BCUT2D eigenvalue weighted by molar-refractivity contribution is 5.70. The van der Waals surface area contributed by atoms with E-state index in [1.54, 1.807) is 0 Å². The summed E-state index contributed by atoms with van der Waals surface area (Å²) in [5.41, 5.74) is 6.19. The minimum atomic E-state index is -0.810. The van der Waals surface area contributed by atoms with Gasteiger partial charge >= 0.3 is 5.97 Å². The van der Waals surface area contributed by atoms with Crippen molar-refractivity contribution in [2.75, 3.05) is 6.54 Å². The second kappa shape index (κ2) is 5.77. The van der Waals surface area contributed by atoms with Crippen LogP contribution in [0.1, 0.15) is 26.7 Å². The summed E-state index contributed by atoms with van der Waals surface area (Å²) in [6.45, 7) is 4.52. The van der Waals surface area contributed by atoms with Gasteiger partial charge < -0.3 is 10.8 Å². The van der Waals surface area contributed by atoms with Gasteiger partial charge in [-0.25, -0.2) is 0 Å². The van der Waals surface area contributed by atoms with Gasteiger partial charge in [-0.15, -0.1) is 0 Å². The van der Waals surface area contributed by atoms with Gasteiger partial charge in [-0.1, -0.05) is 19.9 Å². The van der Waals surface area contributed by atoms with E-state index in [2.05, 4.69) is 13.8 Å². The second-order valence-electron chi connectivity index (χ2n) is 3.27. The van der Waals surface area contributed by atoms with E-state index in [0.717, 1.165) is 12.0 Å². The number of carbonyl (C=O) groups is 1. The van der Waals surface area contributed by atoms with Crippen LogP contribution in [0.3, 0.4) is 0 Å². The summed E-state index contributed by atoms with van der Waals surface area (Å²) in [5.74, 6) is -0.254. The van der Waals surface area contributed by atoms with E-state index in [0.29, 0.717) is 12.5 Å². The highest BCUT2D eigenvalue weighted by Crippen LogP contribution is 2.06. The summed E-state index contributed by atoms with van der Waals surface area (Å²) < 4.78 is 0. The third kappa shape index (κ3) is 5.92. The third-order valence-electron chi connectivity index (χ3n) is 1.52. The van der Waals surface area contributed by atoms with Crippen molar-refractivity contribution in [3.05, 3.63) is 11.6 Å². The fourth-order valence-corrected chi connectivity index (χ4v) is 0.824. The minimum absolute atomic E-state index is 0.0726. The zero-order chi connectivity index (χ0) is 9.56. The largest absolute Gasteiger partial charge is 0.481 e. The van der Waals surface area contributed by atoms with Crippen LogP contribution in [0.4, 0.5) is 0 Å². The van der Waals surface area contributed by atoms with Gasteiger partial charge in [-0.2, -0.15) is 0 Å². The van der Waals surface area contributed by atoms with Crippen molar-refractivity contribution in [2.24, 2.45) is 11.7 Å². The molecule has 0 unspecified atom stereocenters. The van der Waals surface area contributed by atoms with Crippen LogP contribution in [0, 0.1) is 5.92 Å². The number of carboxylic acids is 1. The predicted molar refractivity (Wildman–Crippen MR) is 48.8 cm³/mol. The number of hydrogen-bond acceptors (Lipinski definition) is 2. The van der Waals surface area contributed by atoms with Crippen molar-refractivity contribution in [1.82, 2.24) is 0 Å². The van der Waals surface area contributed by atoms with Crippen molar-refractivity contribution in [3.8, 4) is 0 Å². The van der Waals surface area contributed by atoms with Gasteiger partial charge in [0.25, 0.3) is 0 Å². The number of hydrogen-bond donors (Lipinski definition) is 2. The lowest BCUT2D eigenvalue weighted by Crippen LogP contribution is -2.08. The predicted octanol–water partition coefficient (Wildman–Crippen LogP) is 1.39. The molecule has 0 amide bonds. The number of rotatable bonds is 5. The maximum absolute atomic E-state index is 10.3. The van der Waals surface area contributed by atoms with Crippen LogP contribution >= 0.6 is 0 Å². The van der Waals surface area contributed by atoms with Crippen molar-refractivity contribution in [1.29, 1.82) is 0 Å². The molecule has 0 aliphatic rings. The Morgan fingerprint density at radius 2 is 2.17 bits per heavy atom. The molecule has 0 aliphatic carbocycles. The summed E-state index contributed by atoms with van der Waals surface area (Å²) in [4.78, 5) is 10.3. The molecular formula is C9H17NO2. The molecule has 0 rings (SSSR count). The van der Waals surface area contributed by atoms with E-state index in [9.17, 15) is 4.79 Å². The summed E-state index contributed by atoms with van der Waals surface area (Å²) in [5, 5.41) is 8.48. The topological polar surface area (TPSA) is 63.3 Å². The molecule has 0 heterocycles. The molecule has 12 heavy (non-hydrogen) atoms. The summed E-state index contributed by atoms with van der Waals surface area (Å²) in [6.07, 6.45) is 2.90. The number of nitrogens with two attached hydrogens (primary N) is 1. The van der Waals surface area contributed by atoms with E-state index in [4.69, 9.17) is 10.8 Å². The molecule has 3 heteroatoms. The molecular weight excluding hydrogens is 154 g/mol. The van der Waals surface area contributed by atoms with Crippen molar-refractivity contribution in [2.45, 2.75) is 26.7 Å². The van der Waals surface area contributed by atoms with Gasteiger partial charge in [-0.3, -0.25) is 4.79 Å². The summed E-state index contributed by atoms with van der Waals surface area (Å²) in [7, 11) is 0. The first-order valence-electron chi connectivity index (χ1n) is 4.16. The van der Waals surface area contributed by atoms with Crippen molar-refractivity contribution in [3.63, 3.8) is 0 Å². The molecule has 0 aliphatic heterocycles. The molecule has 0 radical (unpaired) electrons. The van der Waals surface area contributed by atoms with Crippen LogP contribution < -0.4 is 5.73 Å². The van der Waals surface area contributed by atoms with E-state index in [1.807, 2.05) is 6.08 Å². The summed E-state index contributed by atoms with van der Waals surface area (Å²) in [6, 6.07) is 0. The molecule has 3 nitrogen and oxygen atoms in total. The molecule has 3 N–H and O–H groups in total. The monoisotopic (exact) mass is 171 g/mol. The molecule has 0 saturated carbocycles. The van der Waals surface area contributed by atoms with Gasteiger partial charge in [0.05, 0.1) is 6.42 Å². The van der Waals surface area contributed by atoms with E-state index >= 15 is 0 Å². The number of carboxylic acid groups (broad SMARTS) is 1. The second-order valence-corrected chi connectivity index (χ2v) is 3.27. The van der Waals surface area contributed by atoms with Crippen LogP contribution in [-0.4, -0.2) is 17.6 Å². The van der Waals surface area contributed by atoms with E-state index < -0.39 is 5.97 Å². The lowest BCUT2D eigenvalue weighted by molar-refractivity contribution is -0.136. The van der Waals surface area contributed by atoms with Crippen LogP contribution in [0.25, 0.3) is 0 Å². The molecule has 0 aromatic carbocycles. The van der Waals surface area contributed by atoms with Gasteiger partial charge in [0.2, 0.25) is 0 Å². The first kappa shape index (κ1) is 11.2. The van der Waals surface area contributed by atoms with Gasteiger partial charge in [0, 0.05) is 6.54 Å². The lowest BCUT2D eigenvalue weighted by Gasteiger charge is -2.02. The Kier molecular flexibility index (Phi) is 5.37. The Morgan fingerprint density at radius 1 is 1.58 bits per heavy atom. The normalized spacial score (nSPS) is 12.2. The smallest absolute Gasteiger partial charge is 0.307 e. The molecule has 0 saturated heterocycles. The number of aliphatic carboxylic acids is 1. The maximum Gasteiger partial charge on any atom is 0.307 e. The van der Waals surface area contributed by atoms with Crippen LogP contribution in [0.15, 0.2) is 11.6 Å². The number of allylic oxidation sites excluding steroid dienone is 1. The van der Waals surface area contributed by atoms with Crippen LogP contribution in [0.2, 0.25) is 0 Å². The quantitative estimate of drug-likeness (QED) is 0.614. The van der Waals surface area contributed by atoms with Gasteiger partial charge in [-0.05, 0) is 17.9 Å². The zero-order valence-electron chi connectivity index (χ0n) is 7.71. The van der Waals surface area contributed by atoms with Crippen LogP contribution in [-0.2, 0) is 4.79 Å². The molecule has 70 valence electrons. The first-order valence-corrected chi connectivity index (χ1v) is 4.16. The Balaban J connectivity index is 3.95. The average Bonchev–Trinajstić information content (AvgIpc) is 1.97. The van der Waals surface area contributed by atoms with Gasteiger partial charge in [0.15, 0.2) is 0 Å². The first-order chi connectivity index (χ1) is 5.56. The SMILES string of the molecule is CC(C)C/C=C(\CN)CC(=O)O. The fourth-order valence-electron chi connectivity index (χ4n) is 0.824. The average molecular weight is 171 g/mol. The van der Waals surface area contributed by atoms with E-state index in [-0.39, 0.29) is 6.42 Å². The Labute approximate surface area is 73.3 Å². The molecule has 0 atom stereocenters. The molecule has 0 aromatic heterocycles. The molecule has 0 aromatic rings. The fraction of sp³-hybridized carbons (Fsp3) is 0.667. The summed E-state index contributed by atoms with van der Waals surface area (Å²) >= 11 is 0. The minimum Gasteiger partial charge on any atom is -0.481 e. The Morgan fingerprint density at radius 3 is 2.50 bits per heavy atom. The Bertz CT molecular complexity index is 173.